The SMILES string of the molecule is O=C(O)CCC/C=C\C[C@@H]1C(/C=C/[C@@H](O)COc2ccc(F)cc2)[C@@H]2C=C[C@H]1C2. The van der Waals surface area contributed by atoms with Crippen LogP contribution in [-0.2, 0) is 4.79 Å². The summed E-state index contributed by atoms with van der Waals surface area (Å²) < 4.78 is 18.4. The Labute approximate surface area is 171 Å². The van der Waals surface area contributed by atoms with Crippen LogP contribution in [0.25, 0.3) is 0 Å². The number of fused-ring (bicyclic) bond motifs is 2. The van der Waals surface area contributed by atoms with E-state index in [2.05, 4.69) is 30.4 Å². The lowest BCUT2D eigenvalue weighted by molar-refractivity contribution is -0.137. The molecule has 1 unspecified atom stereocenters. The normalized spacial score (nSPS) is 26.6. The standard InChI is InChI=1S/C24H29FO4/c25-19-9-12-21(13-10-19)29-16-20(26)11-14-23-18-8-7-17(15-18)22(23)5-3-1-2-4-6-24(27)28/h1,3,7-14,17-18,20,22-23,26H,2,4-6,15-16H2,(H,27,28)/b3-1-,14-11+/t17-,18+,20+,22-,23?/m0/s1. The number of rotatable bonds is 11. The summed E-state index contributed by atoms with van der Waals surface area (Å²) in [6, 6.07) is 5.76. The number of hydrogen-bond acceptors (Lipinski definition) is 3. The van der Waals surface area contributed by atoms with E-state index < -0.39 is 12.1 Å². The monoisotopic (exact) mass is 400 g/mol. The Morgan fingerprint density at radius 1 is 1.21 bits per heavy atom. The van der Waals surface area contributed by atoms with Crippen LogP contribution in [0.15, 0.2) is 60.7 Å². The van der Waals surface area contributed by atoms with Gasteiger partial charge in [-0.2, -0.15) is 0 Å². The summed E-state index contributed by atoms with van der Waals surface area (Å²) in [4.78, 5) is 10.6. The number of unbranched alkanes of at least 4 members (excludes halogenated alkanes) is 1. The first-order valence-corrected chi connectivity index (χ1v) is 10.3. The van der Waals surface area contributed by atoms with Crippen molar-refractivity contribution in [3.05, 3.63) is 66.5 Å². The lowest BCUT2D eigenvalue weighted by atomic mass is 9.80. The first-order valence-electron chi connectivity index (χ1n) is 10.3. The molecule has 1 fully saturated rings. The maximum Gasteiger partial charge on any atom is 0.303 e. The lowest BCUT2D eigenvalue weighted by Crippen LogP contribution is -2.19. The Morgan fingerprint density at radius 2 is 1.97 bits per heavy atom. The largest absolute Gasteiger partial charge is 0.491 e. The molecule has 29 heavy (non-hydrogen) atoms. The number of aliphatic carboxylic acids is 1. The van der Waals surface area contributed by atoms with Crippen molar-refractivity contribution < 1.29 is 24.1 Å². The maximum atomic E-state index is 12.9. The molecule has 1 saturated carbocycles. The Hall–Kier alpha value is -2.40. The molecular formula is C24H29FO4. The van der Waals surface area contributed by atoms with Gasteiger partial charge in [0.25, 0.3) is 0 Å². The van der Waals surface area contributed by atoms with Gasteiger partial charge >= 0.3 is 5.97 Å². The van der Waals surface area contributed by atoms with Gasteiger partial charge < -0.3 is 14.9 Å². The summed E-state index contributed by atoms with van der Waals surface area (Å²) >= 11 is 0. The number of carboxylic acids is 1. The van der Waals surface area contributed by atoms with Gasteiger partial charge in [-0.25, -0.2) is 4.39 Å². The number of hydrogen-bond donors (Lipinski definition) is 2. The minimum absolute atomic E-state index is 0.132. The highest BCUT2D eigenvalue weighted by Gasteiger charge is 2.42. The third-order valence-electron chi connectivity index (χ3n) is 5.81. The molecule has 2 bridgehead atoms. The fraction of sp³-hybridized carbons (Fsp3) is 0.458. The van der Waals surface area contributed by atoms with Gasteiger partial charge in [0.2, 0.25) is 0 Å². The summed E-state index contributed by atoms with van der Waals surface area (Å²) in [7, 11) is 0. The molecule has 3 rings (SSSR count). The van der Waals surface area contributed by atoms with Gasteiger partial charge in [-0.1, -0.05) is 36.5 Å². The molecule has 5 atom stereocenters. The third kappa shape index (κ3) is 6.29. The van der Waals surface area contributed by atoms with Crippen molar-refractivity contribution in [2.45, 2.75) is 38.2 Å². The van der Waals surface area contributed by atoms with Gasteiger partial charge in [-0.05, 0) is 73.6 Å². The van der Waals surface area contributed by atoms with E-state index >= 15 is 0 Å². The van der Waals surface area contributed by atoms with E-state index in [-0.39, 0.29) is 18.8 Å². The smallest absolute Gasteiger partial charge is 0.303 e. The number of carbonyl (C=O) groups is 1. The molecule has 2 aliphatic carbocycles. The second-order valence-electron chi connectivity index (χ2n) is 7.90. The molecular weight excluding hydrogens is 371 g/mol. The van der Waals surface area contributed by atoms with E-state index in [1.807, 2.05) is 6.08 Å². The van der Waals surface area contributed by atoms with Crippen LogP contribution in [0.5, 0.6) is 5.75 Å². The fourth-order valence-electron chi connectivity index (χ4n) is 4.35. The molecule has 0 spiro atoms. The summed E-state index contributed by atoms with van der Waals surface area (Å²) in [5, 5.41) is 18.9. The maximum absolute atomic E-state index is 12.9. The fourth-order valence-corrected chi connectivity index (χ4v) is 4.35. The zero-order valence-electron chi connectivity index (χ0n) is 16.5. The zero-order valence-corrected chi connectivity index (χ0v) is 16.5. The molecule has 0 aliphatic heterocycles. The van der Waals surface area contributed by atoms with E-state index in [4.69, 9.17) is 9.84 Å². The van der Waals surface area contributed by atoms with Crippen molar-refractivity contribution in [1.82, 2.24) is 0 Å². The molecule has 1 aromatic carbocycles. The van der Waals surface area contributed by atoms with Crippen LogP contribution < -0.4 is 4.74 Å². The molecule has 0 radical (unpaired) electrons. The number of ether oxygens (including phenoxy) is 1. The van der Waals surface area contributed by atoms with Gasteiger partial charge in [0.05, 0.1) is 0 Å². The second kappa shape index (κ2) is 10.4. The highest BCUT2D eigenvalue weighted by molar-refractivity contribution is 5.66. The highest BCUT2D eigenvalue weighted by atomic mass is 19.1. The molecule has 0 heterocycles. The van der Waals surface area contributed by atoms with E-state index in [1.165, 1.54) is 12.1 Å². The van der Waals surface area contributed by atoms with Crippen LogP contribution >= 0.6 is 0 Å². The van der Waals surface area contributed by atoms with Crippen LogP contribution in [-0.4, -0.2) is 28.9 Å². The van der Waals surface area contributed by atoms with Crippen molar-refractivity contribution in [2.75, 3.05) is 6.61 Å². The van der Waals surface area contributed by atoms with E-state index in [9.17, 15) is 14.3 Å². The summed E-state index contributed by atoms with van der Waals surface area (Å²) in [6.45, 7) is 0.132. The molecule has 1 aromatic rings. The number of aliphatic hydroxyl groups is 1. The van der Waals surface area contributed by atoms with Crippen LogP contribution in [0.4, 0.5) is 4.39 Å². The van der Waals surface area contributed by atoms with Crippen molar-refractivity contribution in [2.24, 2.45) is 23.7 Å². The van der Waals surface area contributed by atoms with Crippen molar-refractivity contribution >= 4 is 5.97 Å². The first kappa shape index (κ1) is 21.3. The van der Waals surface area contributed by atoms with Gasteiger partial charge in [-0.15, -0.1) is 0 Å². The third-order valence-corrected chi connectivity index (χ3v) is 5.81. The molecule has 2 aliphatic rings. The van der Waals surface area contributed by atoms with E-state index in [0.29, 0.717) is 35.8 Å². The lowest BCUT2D eigenvalue weighted by Gasteiger charge is -2.25. The average Bonchev–Trinajstić information content (AvgIpc) is 3.30. The average molecular weight is 400 g/mol. The number of aliphatic hydroxyl groups excluding tert-OH is 1. The number of halogens is 1. The van der Waals surface area contributed by atoms with Crippen LogP contribution in [0, 0.1) is 29.5 Å². The Balaban J connectivity index is 1.47. The first-order chi connectivity index (χ1) is 14.0. The minimum Gasteiger partial charge on any atom is -0.491 e. The predicted molar refractivity (Wildman–Crippen MR) is 110 cm³/mol. The van der Waals surface area contributed by atoms with Gasteiger partial charge in [-0.3, -0.25) is 4.79 Å². The van der Waals surface area contributed by atoms with Crippen molar-refractivity contribution in [3.63, 3.8) is 0 Å². The Morgan fingerprint density at radius 3 is 2.72 bits per heavy atom. The van der Waals surface area contributed by atoms with Crippen LogP contribution in [0.2, 0.25) is 0 Å². The Bertz CT molecular complexity index is 753. The van der Waals surface area contributed by atoms with E-state index in [1.54, 1.807) is 12.1 Å². The van der Waals surface area contributed by atoms with Gasteiger partial charge in [0.1, 0.15) is 24.3 Å². The van der Waals surface area contributed by atoms with Gasteiger partial charge in [0.15, 0.2) is 0 Å². The molecule has 0 saturated heterocycles. The van der Waals surface area contributed by atoms with Crippen LogP contribution in [0.1, 0.15) is 32.1 Å². The van der Waals surface area contributed by atoms with Gasteiger partial charge in [0, 0.05) is 6.42 Å². The molecule has 0 amide bonds. The van der Waals surface area contributed by atoms with E-state index in [0.717, 1.165) is 19.3 Å². The summed E-state index contributed by atoms with van der Waals surface area (Å²) in [6.07, 6.45) is 15.9. The molecule has 0 aromatic heterocycles. The second-order valence-corrected chi connectivity index (χ2v) is 7.90. The van der Waals surface area contributed by atoms with Crippen molar-refractivity contribution in [1.29, 1.82) is 0 Å². The molecule has 5 heteroatoms. The Kier molecular flexibility index (Phi) is 7.64. The van der Waals surface area contributed by atoms with Crippen LogP contribution in [0.3, 0.4) is 0 Å². The number of benzene rings is 1. The summed E-state index contributed by atoms with van der Waals surface area (Å²) in [5.74, 6) is 1.48. The topological polar surface area (TPSA) is 66.8 Å². The summed E-state index contributed by atoms with van der Waals surface area (Å²) in [5.41, 5.74) is 0. The molecule has 2 N–H and O–H groups in total. The molecule has 4 nitrogen and oxygen atoms in total. The zero-order chi connectivity index (χ0) is 20.6. The number of carboxylic acid groups (broad SMARTS) is 1. The number of allylic oxidation sites excluding steroid dienone is 5. The highest BCUT2D eigenvalue weighted by Crippen LogP contribution is 2.50. The molecule has 156 valence electrons. The van der Waals surface area contributed by atoms with Crippen molar-refractivity contribution in [3.8, 4) is 5.75 Å². The predicted octanol–water partition coefficient (Wildman–Crippen LogP) is 4.76. The minimum atomic E-state index is -0.746. The quantitative estimate of drug-likeness (QED) is 0.415.